The van der Waals surface area contributed by atoms with Crippen molar-refractivity contribution in [3.63, 3.8) is 0 Å². The predicted molar refractivity (Wildman–Crippen MR) is 157 cm³/mol. The van der Waals surface area contributed by atoms with Crippen LogP contribution in [0.15, 0.2) is 80.5 Å². The van der Waals surface area contributed by atoms with Crippen LogP contribution in [0.25, 0.3) is 11.0 Å². The van der Waals surface area contributed by atoms with Crippen molar-refractivity contribution in [1.29, 1.82) is 0 Å². The quantitative estimate of drug-likeness (QED) is 0.275. The Labute approximate surface area is 237 Å². The van der Waals surface area contributed by atoms with E-state index in [1.807, 2.05) is 44.2 Å². The molecule has 0 saturated heterocycles. The lowest BCUT2D eigenvalue weighted by Gasteiger charge is -2.36. The summed E-state index contributed by atoms with van der Waals surface area (Å²) >= 11 is 1.67. The Hall–Kier alpha value is -3.78. The van der Waals surface area contributed by atoms with Crippen LogP contribution >= 0.6 is 11.8 Å². The molecule has 1 aliphatic carbocycles. The van der Waals surface area contributed by atoms with Crippen LogP contribution in [0.1, 0.15) is 55.2 Å². The van der Waals surface area contributed by atoms with Gasteiger partial charge in [0.25, 0.3) is 0 Å². The van der Waals surface area contributed by atoms with Crippen molar-refractivity contribution in [3.8, 4) is 5.75 Å². The first-order valence-corrected chi connectivity index (χ1v) is 14.6. The molecule has 0 bridgehead atoms. The standard InChI is InChI=1S/C32H33NO6S/c1-5-40-12-11-38-32(36)28-19(3)33-25-15-21(20-7-6-8-22(14-20)37-4)16-26(34)30(25)29(28)24-17-39-27-10-9-18(2)13-23(27)31(24)35/h6-10,13-14,17,21,29,33H,5,11-12,15-16H2,1-4H3/t21-,29-/m0/s1. The molecule has 3 aromatic rings. The van der Waals surface area contributed by atoms with Gasteiger partial charge >= 0.3 is 5.97 Å². The van der Waals surface area contributed by atoms with Crippen LogP contribution in [0.2, 0.25) is 0 Å². The van der Waals surface area contributed by atoms with Crippen LogP contribution in [0, 0.1) is 6.92 Å². The largest absolute Gasteiger partial charge is 0.497 e. The number of carbonyl (C=O) groups is 2. The van der Waals surface area contributed by atoms with E-state index in [-0.39, 0.29) is 41.3 Å². The molecule has 0 saturated carbocycles. The summed E-state index contributed by atoms with van der Waals surface area (Å²) in [6.45, 7) is 5.98. The summed E-state index contributed by atoms with van der Waals surface area (Å²) in [7, 11) is 1.62. The average molecular weight is 560 g/mol. The van der Waals surface area contributed by atoms with Crippen LogP contribution in [0.4, 0.5) is 0 Å². The van der Waals surface area contributed by atoms with Gasteiger partial charge in [-0.05, 0) is 61.8 Å². The fourth-order valence-corrected chi connectivity index (χ4v) is 6.12. The molecule has 5 rings (SSSR count). The number of carbonyl (C=O) groups excluding carboxylic acids is 2. The number of benzene rings is 2. The number of Topliss-reactive ketones (excluding diaryl/α,β-unsaturated/α-hetero) is 1. The van der Waals surface area contributed by atoms with E-state index in [0.717, 1.165) is 22.6 Å². The van der Waals surface area contributed by atoms with Crippen LogP contribution in [0.3, 0.4) is 0 Å². The molecule has 208 valence electrons. The lowest BCUT2D eigenvalue weighted by Crippen LogP contribution is -2.37. The minimum absolute atomic E-state index is 0.0717. The maximum absolute atomic E-state index is 13.9. The first kappa shape index (κ1) is 27.8. The fourth-order valence-electron chi connectivity index (χ4n) is 5.63. The Bertz CT molecular complexity index is 1600. The number of rotatable bonds is 8. The number of esters is 1. The van der Waals surface area contributed by atoms with E-state index in [4.69, 9.17) is 13.9 Å². The normalized spacial score (nSPS) is 18.9. The molecule has 40 heavy (non-hydrogen) atoms. The monoisotopic (exact) mass is 559 g/mol. The molecule has 8 heteroatoms. The number of methoxy groups -OCH3 is 1. The Morgan fingerprint density at radius 3 is 2.73 bits per heavy atom. The van der Waals surface area contributed by atoms with Crippen molar-refractivity contribution in [2.75, 3.05) is 25.2 Å². The fraction of sp³-hybridized carbons (Fsp3) is 0.344. The summed E-state index contributed by atoms with van der Waals surface area (Å²) in [6.07, 6.45) is 2.20. The molecule has 2 aliphatic rings. The number of nitrogens with one attached hydrogen (secondary N) is 1. The molecular weight excluding hydrogens is 526 g/mol. The lowest BCUT2D eigenvalue weighted by molar-refractivity contribution is -0.138. The van der Waals surface area contributed by atoms with Crippen molar-refractivity contribution >= 4 is 34.5 Å². The second-order valence-electron chi connectivity index (χ2n) is 10.1. The third kappa shape index (κ3) is 5.32. The van der Waals surface area contributed by atoms with Gasteiger partial charge in [-0.1, -0.05) is 30.7 Å². The smallest absolute Gasteiger partial charge is 0.336 e. The molecule has 1 aliphatic heterocycles. The van der Waals surface area contributed by atoms with Gasteiger partial charge in [-0.15, -0.1) is 0 Å². The zero-order chi connectivity index (χ0) is 28.4. The number of ether oxygens (including phenoxy) is 2. The number of dihydropyridines is 1. The van der Waals surface area contributed by atoms with E-state index < -0.39 is 11.9 Å². The highest BCUT2D eigenvalue weighted by Gasteiger charge is 2.42. The minimum atomic E-state index is -0.887. The predicted octanol–water partition coefficient (Wildman–Crippen LogP) is 5.77. The topological polar surface area (TPSA) is 94.8 Å². The summed E-state index contributed by atoms with van der Waals surface area (Å²) in [4.78, 5) is 41.3. The molecule has 2 heterocycles. The maximum Gasteiger partial charge on any atom is 0.336 e. The first-order valence-electron chi connectivity index (χ1n) is 13.5. The summed E-state index contributed by atoms with van der Waals surface area (Å²) in [6, 6.07) is 13.1. The highest BCUT2D eigenvalue weighted by molar-refractivity contribution is 7.99. The summed E-state index contributed by atoms with van der Waals surface area (Å²) in [5.41, 5.74) is 4.35. The van der Waals surface area contributed by atoms with Gasteiger partial charge in [0.2, 0.25) is 0 Å². The van der Waals surface area contributed by atoms with Gasteiger partial charge in [0, 0.05) is 34.7 Å². The van der Waals surface area contributed by atoms with Crippen LogP contribution in [-0.4, -0.2) is 37.0 Å². The maximum atomic E-state index is 13.9. The molecule has 0 unspecified atom stereocenters. The van der Waals surface area contributed by atoms with Gasteiger partial charge in [0.15, 0.2) is 11.2 Å². The molecule has 0 amide bonds. The van der Waals surface area contributed by atoms with E-state index in [1.54, 1.807) is 37.9 Å². The second kappa shape index (κ2) is 11.8. The van der Waals surface area contributed by atoms with E-state index in [0.29, 0.717) is 40.1 Å². The molecule has 0 spiro atoms. The molecule has 0 fully saturated rings. The van der Waals surface area contributed by atoms with Crippen molar-refractivity contribution in [2.24, 2.45) is 0 Å². The number of thioether (sulfide) groups is 1. The summed E-state index contributed by atoms with van der Waals surface area (Å²) in [5.74, 6) is 0.698. The molecular formula is C32H33NO6S. The van der Waals surface area contributed by atoms with Crippen LogP contribution in [-0.2, 0) is 14.3 Å². The Balaban J connectivity index is 1.61. The molecule has 1 aromatic heterocycles. The van der Waals surface area contributed by atoms with Gasteiger partial charge in [0.05, 0.1) is 30.3 Å². The van der Waals surface area contributed by atoms with E-state index in [2.05, 4.69) is 5.32 Å². The van der Waals surface area contributed by atoms with Gasteiger partial charge in [0.1, 0.15) is 17.9 Å². The Morgan fingerprint density at radius 1 is 1.12 bits per heavy atom. The third-order valence-corrected chi connectivity index (χ3v) is 8.41. The van der Waals surface area contributed by atoms with Gasteiger partial charge in [-0.25, -0.2) is 4.79 Å². The zero-order valence-electron chi connectivity index (χ0n) is 23.2. The van der Waals surface area contributed by atoms with Gasteiger partial charge < -0.3 is 19.2 Å². The second-order valence-corrected chi connectivity index (χ2v) is 11.5. The number of ketones is 1. The first-order chi connectivity index (χ1) is 19.3. The zero-order valence-corrected chi connectivity index (χ0v) is 24.0. The van der Waals surface area contributed by atoms with Crippen molar-refractivity contribution in [2.45, 2.75) is 45.4 Å². The van der Waals surface area contributed by atoms with Crippen molar-refractivity contribution in [3.05, 3.63) is 98.2 Å². The van der Waals surface area contributed by atoms with Gasteiger partial charge in [-0.3, -0.25) is 9.59 Å². The van der Waals surface area contributed by atoms with Gasteiger partial charge in [-0.2, -0.15) is 11.8 Å². The lowest BCUT2D eigenvalue weighted by atomic mass is 9.72. The number of hydrogen-bond acceptors (Lipinski definition) is 8. The van der Waals surface area contributed by atoms with Crippen molar-refractivity contribution in [1.82, 2.24) is 5.32 Å². The van der Waals surface area contributed by atoms with E-state index in [1.165, 1.54) is 6.26 Å². The summed E-state index contributed by atoms with van der Waals surface area (Å²) < 4.78 is 16.9. The molecule has 2 aromatic carbocycles. The molecule has 0 radical (unpaired) electrons. The highest BCUT2D eigenvalue weighted by Crippen LogP contribution is 2.45. The molecule has 7 nitrogen and oxygen atoms in total. The van der Waals surface area contributed by atoms with E-state index in [9.17, 15) is 14.4 Å². The number of fused-ring (bicyclic) bond motifs is 1. The van der Waals surface area contributed by atoms with Crippen LogP contribution in [0.5, 0.6) is 5.75 Å². The molecule has 2 atom stereocenters. The number of allylic oxidation sites excluding steroid dienone is 3. The third-order valence-electron chi connectivity index (χ3n) is 7.54. The number of aryl methyl sites for hydroxylation is 1. The Morgan fingerprint density at radius 2 is 1.95 bits per heavy atom. The molecule has 1 N–H and O–H groups in total. The van der Waals surface area contributed by atoms with Crippen molar-refractivity contribution < 1.29 is 23.5 Å². The number of hydrogen-bond donors (Lipinski definition) is 1. The minimum Gasteiger partial charge on any atom is -0.497 e. The Kier molecular flexibility index (Phi) is 8.17. The SMILES string of the molecule is CCSCCOC(=O)C1=C(C)NC2=C(C(=O)C[C@@H](c3cccc(OC)c3)C2)[C@H]1c1coc2ccc(C)cc2c1=O. The van der Waals surface area contributed by atoms with E-state index >= 15 is 0 Å². The average Bonchev–Trinajstić information content (AvgIpc) is 2.95. The summed E-state index contributed by atoms with van der Waals surface area (Å²) in [5, 5.41) is 3.76. The highest BCUT2D eigenvalue weighted by atomic mass is 32.2. The van der Waals surface area contributed by atoms with Crippen LogP contribution < -0.4 is 15.5 Å².